The van der Waals surface area contributed by atoms with Crippen LogP contribution in [0.2, 0.25) is 0 Å². The Morgan fingerprint density at radius 2 is 0.538 bits per heavy atom. The molecule has 0 fully saturated rings. The van der Waals surface area contributed by atoms with Crippen LogP contribution in [-0.2, 0) is 0 Å². The van der Waals surface area contributed by atoms with Crippen molar-refractivity contribution in [2.24, 2.45) is 0 Å². The second-order valence-electron chi connectivity index (χ2n) is 20.8. The summed E-state index contributed by atoms with van der Waals surface area (Å²) >= 11 is 0. The molecule has 17 aromatic rings. The van der Waals surface area contributed by atoms with Crippen LogP contribution in [-0.4, -0.2) is 19.1 Å². The van der Waals surface area contributed by atoms with Crippen molar-refractivity contribution in [2.75, 3.05) is 0 Å². The van der Waals surface area contributed by atoms with Crippen molar-refractivity contribution in [2.45, 2.75) is 0 Å². The normalized spacial score (nSPS) is 12.1. The molecule has 17 rings (SSSR count). The van der Waals surface area contributed by atoms with Crippen LogP contribution in [0.5, 0.6) is 0 Å². The van der Waals surface area contributed by atoms with Gasteiger partial charge in [0.1, 0.15) is 0 Å². The van der Waals surface area contributed by atoms with Crippen molar-refractivity contribution in [3.05, 3.63) is 267 Å². The summed E-state index contributed by atoms with van der Waals surface area (Å²) in [6.45, 7) is 0. The average molecular weight is 989 g/mol. The van der Waals surface area contributed by atoms with E-state index in [2.05, 4.69) is 276 Å². The van der Waals surface area contributed by atoms with Gasteiger partial charge < -0.3 is 4.57 Å². The van der Waals surface area contributed by atoms with E-state index in [1.807, 2.05) is 0 Å². The first-order valence-electron chi connectivity index (χ1n) is 26.8. The number of aromatic nitrogens is 4. The van der Waals surface area contributed by atoms with E-state index in [-0.39, 0.29) is 0 Å². The van der Waals surface area contributed by atoms with Crippen molar-refractivity contribution >= 4 is 119 Å². The largest absolute Gasteiger partial charge is 0.309 e. The van der Waals surface area contributed by atoms with E-state index in [0.29, 0.717) is 5.95 Å². The highest BCUT2D eigenvalue weighted by molar-refractivity contribution is 6.27. The molecular weight excluding hydrogens is 945 g/mol. The Morgan fingerprint density at radius 1 is 0.205 bits per heavy atom. The Hall–Kier alpha value is -10.4. The SMILES string of the molecule is c1ccc2c(-n3c4ccccc4c4cc(-c5ccc6c(c5)c5ccccc5n6-c5nc(-c6ccc7c8ccccc8c8ccccc8c7c6)cc(-c6ccc7c8ccccc8c8ccccc8c7c6)n5)ccc43)cccc2c1. The van der Waals surface area contributed by atoms with Gasteiger partial charge in [0.2, 0.25) is 5.95 Å². The fourth-order valence-corrected chi connectivity index (χ4v) is 13.1. The lowest BCUT2D eigenvalue weighted by Crippen LogP contribution is -2.04. The molecule has 3 heterocycles. The number of hydrogen-bond donors (Lipinski definition) is 0. The molecule has 0 saturated carbocycles. The quantitative estimate of drug-likeness (QED) is 0.161. The first kappa shape index (κ1) is 42.9. The molecule has 3 aromatic heterocycles. The van der Waals surface area contributed by atoms with Crippen LogP contribution >= 0.6 is 0 Å². The summed E-state index contributed by atoms with van der Waals surface area (Å²) in [5.41, 5.74) is 11.7. The van der Waals surface area contributed by atoms with Gasteiger partial charge in [-0.15, -0.1) is 0 Å². The van der Waals surface area contributed by atoms with Gasteiger partial charge in [0, 0.05) is 38.1 Å². The molecule has 0 radical (unpaired) electrons. The minimum atomic E-state index is 0.621. The highest BCUT2D eigenvalue weighted by Gasteiger charge is 2.21. The molecule has 0 atom stereocenters. The maximum absolute atomic E-state index is 5.61. The topological polar surface area (TPSA) is 35.6 Å². The lowest BCUT2D eigenvalue weighted by molar-refractivity contribution is 0.996. The van der Waals surface area contributed by atoms with E-state index in [0.717, 1.165) is 55.4 Å². The summed E-state index contributed by atoms with van der Waals surface area (Å²) in [5.74, 6) is 0.621. The van der Waals surface area contributed by atoms with Crippen molar-refractivity contribution in [1.29, 1.82) is 0 Å². The lowest BCUT2D eigenvalue weighted by atomic mass is 9.92. The van der Waals surface area contributed by atoms with E-state index >= 15 is 0 Å². The van der Waals surface area contributed by atoms with Gasteiger partial charge in [-0.3, -0.25) is 4.57 Å². The van der Waals surface area contributed by atoms with Gasteiger partial charge in [0.25, 0.3) is 0 Å². The summed E-state index contributed by atoms with van der Waals surface area (Å²) in [4.78, 5) is 11.2. The van der Waals surface area contributed by atoms with Crippen LogP contribution in [0, 0.1) is 0 Å². The van der Waals surface area contributed by atoms with E-state index in [1.165, 1.54) is 103 Å². The molecule has 360 valence electrons. The zero-order valence-electron chi connectivity index (χ0n) is 42.2. The van der Waals surface area contributed by atoms with Gasteiger partial charge in [0.05, 0.1) is 39.1 Å². The third-order valence-electron chi connectivity index (χ3n) is 16.7. The summed E-state index contributed by atoms with van der Waals surface area (Å²) in [7, 11) is 0. The molecule has 4 nitrogen and oxygen atoms in total. The van der Waals surface area contributed by atoms with Crippen molar-refractivity contribution in [3.63, 3.8) is 0 Å². The predicted molar refractivity (Wildman–Crippen MR) is 330 cm³/mol. The van der Waals surface area contributed by atoms with E-state index in [4.69, 9.17) is 9.97 Å². The molecular formula is C74H44N4. The smallest absolute Gasteiger partial charge is 0.235 e. The molecule has 14 aromatic carbocycles. The third-order valence-corrected chi connectivity index (χ3v) is 16.7. The molecule has 0 unspecified atom stereocenters. The fraction of sp³-hybridized carbons (Fsp3) is 0. The standard InChI is InChI=1S/C74H44N4/c1-2-18-50-45(16-1)17-15-31-69(50)77-70-29-13-11-27-61(70)65-40-46(34-38-72(65)77)47-35-39-73-66(41-47)62-28-12-14-30-71(62)78(73)74-75-67(48-32-36-59-55-23-5-3-19-51(55)53-21-7-9-25-57(53)63(59)42-48)44-68(76-74)49-33-37-60-56-24-6-4-20-52(56)54-22-8-10-26-58(54)64(60)43-49/h1-44H. The minimum Gasteiger partial charge on any atom is -0.309 e. The van der Waals surface area contributed by atoms with Crippen LogP contribution < -0.4 is 0 Å². The summed E-state index contributed by atoms with van der Waals surface area (Å²) in [6, 6.07) is 97.7. The zero-order chi connectivity index (χ0) is 51.0. The number of fused-ring (bicyclic) bond motifs is 19. The van der Waals surface area contributed by atoms with E-state index < -0.39 is 0 Å². The van der Waals surface area contributed by atoms with Crippen molar-refractivity contribution in [1.82, 2.24) is 19.1 Å². The first-order valence-corrected chi connectivity index (χ1v) is 26.8. The molecule has 0 aliphatic heterocycles. The van der Waals surface area contributed by atoms with E-state index in [9.17, 15) is 0 Å². The van der Waals surface area contributed by atoms with Gasteiger partial charge in [-0.1, -0.05) is 206 Å². The average Bonchev–Trinajstić information content (AvgIpc) is 4.11. The lowest BCUT2D eigenvalue weighted by Gasteiger charge is -2.15. The number of benzene rings is 14. The summed E-state index contributed by atoms with van der Waals surface area (Å²) in [5, 5.41) is 22.0. The molecule has 0 aliphatic carbocycles. The Balaban J connectivity index is 0.879. The monoisotopic (exact) mass is 988 g/mol. The van der Waals surface area contributed by atoms with Crippen LogP contribution in [0.25, 0.3) is 164 Å². The molecule has 0 amide bonds. The van der Waals surface area contributed by atoms with Gasteiger partial charge in [-0.05, 0) is 142 Å². The fourth-order valence-electron chi connectivity index (χ4n) is 13.1. The molecule has 0 saturated heterocycles. The van der Waals surface area contributed by atoms with Crippen molar-refractivity contribution in [3.8, 4) is 45.3 Å². The Morgan fingerprint density at radius 3 is 1.03 bits per heavy atom. The number of nitrogens with zero attached hydrogens (tertiary/aromatic N) is 4. The molecule has 0 aliphatic rings. The summed E-state index contributed by atoms with van der Waals surface area (Å²) < 4.78 is 4.70. The Kier molecular flexibility index (Phi) is 9.09. The van der Waals surface area contributed by atoms with E-state index in [1.54, 1.807) is 0 Å². The second-order valence-corrected chi connectivity index (χ2v) is 20.8. The Bertz CT molecular complexity index is 5160. The number of para-hydroxylation sites is 2. The molecule has 0 N–H and O–H groups in total. The second kappa shape index (κ2) is 16.5. The minimum absolute atomic E-state index is 0.621. The third kappa shape index (κ3) is 6.29. The van der Waals surface area contributed by atoms with Crippen LogP contribution in [0.1, 0.15) is 0 Å². The maximum Gasteiger partial charge on any atom is 0.235 e. The number of rotatable bonds is 5. The zero-order valence-corrected chi connectivity index (χ0v) is 42.2. The number of hydrogen-bond acceptors (Lipinski definition) is 2. The van der Waals surface area contributed by atoms with Gasteiger partial charge in [-0.2, -0.15) is 0 Å². The molecule has 0 spiro atoms. The predicted octanol–water partition coefficient (Wildman–Crippen LogP) is 19.7. The van der Waals surface area contributed by atoms with Gasteiger partial charge >= 0.3 is 0 Å². The molecule has 78 heavy (non-hydrogen) atoms. The van der Waals surface area contributed by atoms with Crippen LogP contribution in [0.15, 0.2) is 267 Å². The first-order chi connectivity index (χ1) is 38.7. The van der Waals surface area contributed by atoms with Gasteiger partial charge in [-0.25, -0.2) is 9.97 Å². The molecule has 0 bridgehead atoms. The van der Waals surface area contributed by atoms with Crippen molar-refractivity contribution < 1.29 is 0 Å². The molecule has 4 heteroatoms. The van der Waals surface area contributed by atoms with Crippen LogP contribution in [0.3, 0.4) is 0 Å². The van der Waals surface area contributed by atoms with Crippen LogP contribution in [0.4, 0.5) is 0 Å². The van der Waals surface area contributed by atoms with Gasteiger partial charge in [0.15, 0.2) is 0 Å². The maximum atomic E-state index is 5.61. The summed E-state index contributed by atoms with van der Waals surface area (Å²) in [6.07, 6.45) is 0. The Labute approximate surface area is 447 Å². The highest BCUT2D eigenvalue weighted by atomic mass is 15.2. The highest BCUT2D eigenvalue weighted by Crippen LogP contribution is 2.43.